The van der Waals surface area contributed by atoms with Gasteiger partial charge in [-0.25, -0.2) is 0 Å². The van der Waals surface area contributed by atoms with Gasteiger partial charge in [0.1, 0.15) is 0 Å². The van der Waals surface area contributed by atoms with Crippen molar-refractivity contribution in [2.45, 2.75) is 6.54 Å². The molecule has 66 valence electrons. The van der Waals surface area contributed by atoms with Gasteiger partial charge >= 0.3 is 0 Å². The number of nitro benzene ring substituents is 1. The van der Waals surface area contributed by atoms with Crippen molar-refractivity contribution in [1.82, 2.24) is 0 Å². The van der Waals surface area contributed by atoms with E-state index in [2.05, 4.69) is 10.0 Å². The number of hydrogen-bond donors (Lipinski definition) is 0. The van der Waals surface area contributed by atoms with Crippen LogP contribution in [0.4, 0.5) is 5.69 Å². The largest absolute Gasteiger partial charge is 0.269 e. The number of benzene rings is 1. The van der Waals surface area contributed by atoms with E-state index in [1.807, 2.05) is 0 Å². The lowest BCUT2D eigenvalue weighted by molar-refractivity contribution is -0.384. The fourth-order valence-electron chi connectivity index (χ4n) is 0.882. The maximum atomic E-state index is 10.3. The lowest BCUT2D eigenvalue weighted by Crippen LogP contribution is -1.89. The van der Waals surface area contributed by atoms with Crippen LogP contribution in [0.5, 0.6) is 0 Å². The topological polar surface area (TPSA) is 91.9 Å². The molecule has 13 heavy (non-hydrogen) atoms. The van der Waals surface area contributed by atoms with Crippen LogP contribution in [-0.4, -0.2) is 4.92 Å². The SMILES string of the molecule is [N-]=[N+]=NCc1cccc([N+](=O)[O-])c1. The summed E-state index contributed by atoms with van der Waals surface area (Å²) in [4.78, 5) is 12.4. The number of non-ortho nitro benzene ring substituents is 1. The Morgan fingerprint density at radius 1 is 1.62 bits per heavy atom. The Bertz CT molecular complexity index is 371. The molecule has 6 heteroatoms. The van der Waals surface area contributed by atoms with E-state index in [-0.39, 0.29) is 12.2 Å². The number of rotatable bonds is 3. The normalized spacial score (nSPS) is 8.92. The highest BCUT2D eigenvalue weighted by Gasteiger charge is 2.03. The minimum atomic E-state index is -0.487. The number of nitrogens with zero attached hydrogens (tertiary/aromatic N) is 4. The van der Waals surface area contributed by atoms with Gasteiger partial charge < -0.3 is 0 Å². The summed E-state index contributed by atoms with van der Waals surface area (Å²) in [5, 5.41) is 13.6. The first-order chi connectivity index (χ1) is 6.24. The molecule has 1 rings (SSSR count). The molecule has 6 nitrogen and oxygen atoms in total. The standard InChI is InChI=1S/C7H6N4O2/c8-10-9-5-6-2-1-3-7(4-6)11(12)13/h1-4H,5H2. The van der Waals surface area contributed by atoms with Crippen LogP contribution in [0.2, 0.25) is 0 Å². The maximum Gasteiger partial charge on any atom is 0.269 e. The summed E-state index contributed by atoms with van der Waals surface area (Å²) in [6.45, 7) is 0.137. The Labute approximate surface area is 73.6 Å². The lowest BCUT2D eigenvalue weighted by Gasteiger charge is -1.94. The van der Waals surface area contributed by atoms with Crippen LogP contribution in [0.15, 0.2) is 29.4 Å². The van der Waals surface area contributed by atoms with E-state index in [0.29, 0.717) is 5.56 Å². The van der Waals surface area contributed by atoms with Crippen molar-refractivity contribution in [2.75, 3.05) is 0 Å². The minimum absolute atomic E-state index is 0.00522. The second-order valence-electron chi connectivity index (χ2n) is 2.32. The van der Waals surface area contributed by atoms with E-state index < -0.39 is 4.92 Å². The average molecular weight is 178 g/mol. The summed E-state index contributed by atoms with van der Waals surface area (Å²) in [7, 11) is 0. The van der Waals surface area contributed by atoms with Gasteiger partial charge in [-0.15, -0.1) is 0 Å². The quantitative estimate of drug-likeness (QED) is 0.233. The van der Waals surface area contributed by atoms with Crippen molar-refractivity contribution < 1.29 is 4.92 Å². The minimum Gasteiger partial charge on any atom is -0.258 e. The zero-order chi connectivity index (χ0) is 9.68. The zero-order valence-corrected chi connectivity index (χ0v) is 6.62. The van der Waals surface area contributed by atoms with Gasteiger partial charge in [-0.1, -0.05) is 17.2 Å². The van der Waals surface area contributed by atoms with Crippen LogP contribution in [0, 0.1) is 10.1 Å². The Kier molecular flexibility index (Phi) is 2.83. The van der Waals surface area contributed by atoms with E-state index in [1.54, 1.807) is 12.1 Å². The highest BCUT2D eigenvalue weighted by Crippen LogP contribution is 2.13. The molecule has 0 spiro atoms. The summed E-state index contributed by atoms with van der Waals surface area (Å²) in [6, 6.07) is 6.00. The third-order valence-electron chi connectivity index (χ3n) is 1.44. The van der Waals surface area contributed by atoms with Crippen LogP contribution < -0.4 is 0 Å². The molecule has 0 aliphatic rings. The van der Waals surface area contributed by atoms with E-state index in [1.165, 1.54) is 12.1 Å². The second kappa shape index (κ2) is 4.08. The molecule has 0 heterocycles. The smallest absolute Gasteiger partial charge is 0.258 e. The van der Waals surface area contributed by atoms with Gasteiger partial charge in [0.15, 0.2) is 0 Å². The molecule has 0 amide bonds. The maximum absolute atomic E-state index is 10.3. The van der Waals surface area contributed by atoms with Crippen molar-refractivity contribution in [1.29, 1.82) is 0 Å². The van der Waals surface area contributed by atoms with Gasteiger partial charge in [0.05, 0.1) is 11.5 Å². The van der Waals surface area contributed by atoms with Crippen molar-refractivity contribution in [3.63, 3.8) is 0 Å². The van der Waals surface area contributed by atoms with Crippen LogP contribution in [-0.2, 0) is 6.54 Å². The summed E-state index contributed by atoms with van der Waals surface area (Å²) in [5.74, 6) is 0. The fourth-order valence-corrected chi connectivity index (χ4v) is 0.882. The monoisotopic (exact) mass is 178 g/mol. The van der Waals surface area contributed by atoms with Crippen LogP contribution >= 0.6 is 0 Å². The first kappa shape index (κ1) is 9.02. The molecule has 0 bridgehead atoms. The number of nitro groups is 1. The summed E-state index contributed by atoms with van der Waals surface area (Å²) >= 11 is 0. The van der Waals surface area contributed by atoms with Crippen LogP contribution in [0.3, 0.4) is 0 Å². The highest BCUT2D eigenvalue weighted by atomic mass is 16.6. The summed E-state index contributed by atoms with van der Waals surface area (Å²) in [5.41, 5.74) is 8.67. The third kappa shape index (κ3) is 2.46. The predicted octanol–water partition coefficient (Wildman–Crippen LogP) is 2.41. The molecule has 0 radical (unpaired) electrons. The second-order valence-corrected chi connectivity index (χ2v) is 2.32. The van der Waals surface area contributed by atoms with E-state index in [4.69, 9.17) is 5.53 Å². The average Bonchev–Trinajstić information content (AvgIpc) is 2.15. The van der Waals surface area contributed by atoms with E-state index in [0.717, 1.165) is 0 Å². The highest BCUT2D eigenvalue weighted by molar-refractivity contribution is 5.34. The molecule has 0 unspecified atom stereocenters. The Balaban J connectivity index is 2.91. The van der Waals surface area contributed by atoms with Crippen molar-refractivity contribution >= 4 is 5.69 Å². The Morgan fingerprint density at radius 2 is 2.38 bits per heavy atom. The Hall–Kier alpha value is -2.07. The molecular weight excluding hydrogens is 172 g/mol. The molecule has 1 aromatic rings. The van der Waals surface area contributed by atoms with Crippen LogP contribution in [0.1, 0.15) is 5.56 Å². The van der Waals surface area contributed by atoms with Gasteiger partial charge in [-0.2, -0.15) is 0 Å². The van der Waals surface area contributed by atoms with Gasteiger partial charge in [-0.3, -0.25) is 10.1 Å². The molecule has 1 aromatic carbocycles. The fraction of sp³-hybridized carbons (Fsp3) is 0.143. The van der Waals surface area contributed by atoms with Gasteiger partial charge in [-0.05, 0) is 11.1 Å². The molecule has 0 fully saturated rings. The van der Waals surface area contributed by atoms with Crippen molar-refractivity contribution in [3.05, 3.63) is 50.4 Å². The molecule has 0 aliphatic carbocycles. The van der Waals surface area contributed by atoms with Crippen molar-refractivity contribution in [3.8, 4) is 0 Å². The first-order valence-electron chi connectivity index (χ1n) is 3.48. The molecule has 0 atom stereocenters. The van der Waals surface area contributed by atoms with E-state index >= 15 is 0 Å². The van der Waals surface area contributed by atoms with Crippen molar-refractivity contribution in [2.24, 2.45) is 5.11 Å². The molecule has 0 N–H and O–H groups in total. The summed E-state index contributed by atoms with van der Waals surface area (Å²) < 4.78 is 0. The number of azide groups is 1. The summed E-state index contributed by atoms with van der Waals surface area (Å²) in [6.07, 6.45) is 0. The predicted molar refractivity (Wildman–Crippen MR) is 45.9 cm³/mol. The molecule has 0 aliphatic heterocycles. The lowest BCUT2D eigenvalue weighted by atomic mass is 10.2. The molecule has 0 aromatic heterocycles. The zero-order valence-electron chi connectivity index (χ0n) is 6.62. The van der Waals surface area contributed by atoms with Gasteiger partial charge in [0.2, 0.25) is 0 Å². The number of hydrogen-bond acceptors (Lipinski definition) is 3. The first-order valence-corrected chi connectivity index (χ1v) is 3.48. The molecular formula is C7H6N4O2. The van der Waals surface area contributed by atoms with Gasteiger partial charge in [0.25, 0.3) is 5.69 Å². The van der Waals surface area contributed by atoms with Gasteiger partial charge in [0, 0.05) is 17.0 Å². The Morgan fingerprint density at radius 3 is 3.00 bits per heavy atom. The molecule has 0 saturated heterocycles. The van der Waals surface area contributed by atoms with E-state index in [9.17, 15) is 10.1 Å². The third-order valence-corrected chi connectivity index (χ3v) is 1.44. The molecule has 0 saturated carbocycles. The van der Waals surface area contributed by atoms with Crippen LogP contribution in [0.25, 0.3) is 10.4 Å².